The van der Waals surface area contributed by atoms with Gasteiger partial charge >= 0.3 is 0 Å². The van der Waals surface area contributed by atoms with Crippen LogP contribution < -0.4 is 5.32 Å². The van der Waals surface area contributed by atoms with Gasteiger partial charge in [0.2, 0.25) is 0 Å². The molecule has 0 aliphatic carbocycles. The van der Waals surface area contributed by atoms with Crippen LogP contribution in [0.5, 0.6) is 0 Å². The van der Waals surface area contributed by atoms with E-state index in [1.54, 1.807) is 0 Å². The van der Waals surface area contributed by atoms with Gasteiger partial charge in [-0.25, -0.2) is 0 Å². The summed E-state index contributed by atoms with van der Waals surface area (Å²) in [6.45, 7) is 12.4. The van der Waals surface area contributed by atoms with Gasteiger partial charge in [-0.3, -0.25) is 0 Å². The first-order valence-electron chi connectivity index (χ1n) is 5.97. The third-order valence-electron chi connectivity index (χ3n) is 2.13. The van der Waals surface area contributed by atoms with Crippen molar-refractivity contribution in [2.75, 3.05) is 13.2 Å². The van der Waals surface area contributed by atoms with Crippen molar-refractivity contribution in [3.05, 3.63) is 12.2 Å². The molecule has 0 aromatic rings. The van der Waals surface area contributed by atoms with Crippen LogP contribution in [0.3, 0.4) is 0 Å². The van der Waals surface area contributed by atoms with E-state index in [0.717, 1.165) is 19.6 Å². The Kier molecular flexibility index (Phi) is 7.71. The molecule has 0 aliphatic rings. The highest BCUT2D eigenvalue weighted by Gasteiger charge is 2.13. The third kappa shape index (κ3) is 9.95. The monoisotopic (exact) mass is 213 g/mol. The second-order valence-electron chi connectivity index (χ2n) is 4.94. The number of hydrogen-bond donors (Lipinski definition) is 1. The zero-order chi connectivity index (χ0) is 11.7. The molecule has 90 valence electrons. The predicted molar refractivity (Wildman–Crippen MR) is 67.2 cm³/mol. The first kappa shape index (κ1) is 14.7. The summed E-state index contributed by atoms with van der Waals surface area (Å²) in [5, 5.41) is 3.48. The molecule has 0 radical (unpaired) electrons. The summed E-state index contributed by atoms with van der Waals surface area (Å²) in [7, 11) is 0. The molecule has 0 aromatic carbocycles. The van der Waals surface area contributed by atoms with Gasteiger partial charge in [-0.1, -0.05) is 25.5 Å². The van der Waals surface area contributed by atoms with Crippen molar-refractivity contribution in [3.63, 3.8) is 0 Å². The minimum Gasteiger partial charge on any atom is -0.373 e. The molecule has 0 bridgehead atoms. The fourth-order valence-corrected chi connectivity index (χ4v) is 1.27. The van der Waals surface area contributed by atoms with Crippen LogP contribution >= 0.6 is 0 Å². The van der Waals surface area contributed by atoms with E-state index in [0.29, 0.717) is 6.10 Å². The quantitative estimate of drug-likeness (QED) is 0.656. The van der Waals surface area contributed by atoms with Gasteiger partial charge in [-0.15, -0.1) is 0 Å². The SMILES string of the molecule is C/C=C/COC(CCC)CNC(C)(C)C. The summed E-state index contributed by atoms with van der Waals surface area (Å²) >= 11 is 0. The molecule has 2 heteroatoms. The highest BCUT2D eigenvalue weighted by molar-refractivity contribution is 4.78. The molecule has 15 heavy (non-hydrogen) atoms. The topological polar surface area (TPSA) is 21.3 Å². The standard InChI is InChI=1S/C13H27NO/c1-6-8-10-15-12(9-7-2)11-14-13(3,4)5/h6,8,12,14H,7,9-11H2,1-5H3/b8-6+. The molecule has 0 rings (SSSR count). The lowest BCUT2D eigenvalue weighted by atomic mass is 10.1. The van der Waals surface area contributed by atoms with Crippen LogP contribution in [0.1, 0.15) is 47.5 Å². The minimum atomic E-state index is 0.177. The lowest BCUT2D eigenvalue weighted by Crippen LogP contribution is -2.41. The predicted octanol–water partition coefficient (Wildman–Crippen LogP) is 3.14. The van der Waals surface area contributed by atoms with E-state index in [4.69, 9.17) is 4.74 Å². The zero-order valence-electron chi connectivity index (χ0n) is 11.0. The van der Waals surface area contributed by atoms with Crippen molar-refractivity contribution >= 4 is 0 Å². The highest BCUT2D eigenvalue weighted by atomic mass is 16.5. The molecule has 0 spiro atoms. The molecule has 0 aromatic heterocycles. The second-order valence-corrected chi connectivity index (χ2v) is 4.94. The van der Waals surface area contributed by atoms with Gasteiger partial charge in [-0.05, 0) is 34.1 Å². The molecule has 1 atom stereocenters. The summed E-state index contributed by atoms with van der Waals surface area (Å²) in [5.74, 6) is 0. The van der Waals surface area contributed by atoms with Gasteiger partial charge in [0.05, 0.1) is 12.7 Å². The molecule has 0 amide bonds. The summed E-state index contributed by atoms with van der Waals surface area (Å²) in [5.41, 5.74) is 0.177. The van der Waals surface area contributed by atoms with Gasteiger partial charge in [-0.2, -0.15) is 0 Å². The van der Waals surface area contributed by atoms with E-state index in [9.17, 15) is 0 Å². The number of ether oxygens (including phenoxy) is 1. The van der Waals surface area contributed by atoms with Crippen LogP contribution in [0.15, 0.2) is 12.2 Å². The Morgan fingerprint density at radius 3 is 2.47 bits per heavy atom. The fourth-order valence-electron chi connectivity index (χ4n) is 1.27. The Labute approximate surface area is 95.1 Å². The van der Waals surface area contributed by atoms with Crippen molar-refractivity contribution in [1.29, 1.82) is 0 Å². The summed E-state index contributed by atoms with van der Waals surface area (Å²) in [6, 6.07) is 0. The van der Waals surface area contributed by atoms with Crippen molar-refractivity contribution < 1.29 is 4.74 Å². The van der Waals surface area contributed by atoms with Crippen LogP contribution in [0.25, 0.3) is 0 Å². The molecule has 2 nitrogen and oxygen atoms in total. The Hall–Kier alpha value is -0.340. The van der Waals surface area contributed by atoms with Crippen LogP contribution in [0.4, 0.5) is 0 Å². The largest absolute Gasteiger partial charge is 0.373 e. The minimum absolute atomic E-state index is 0.177. The average Bonchev–Trinajstić information content (AvgIpc) is 2.13. The first-order valence-corrected chi connectivity index (χ1v) is 5.97. The molecule has 1 unspecified atom stereocenters. The maximum Gasteiger partial charge on any atom is 0.0703 e. The lowest BCUT2D eigenvalue weighted by Gasteiger charge is -2.25. The van der Waals surface area contributed by atoms with E-state index >= 15 is 0 Å². The molecule has 1 N–H and O–H groups in total. The lowest BCUT2D eigenvalue weighted by molar-refractivity contribution is 0.0621. The highest BCUT2D eigenvalue weighted by Crippen LogP contribution is 2.05. The van der Waals surface area contributed by atoms with E-state index < -0.39 is 0 Å². The molecular formula is C13H27NO. The summed E-state index contributed by atoms with van der Waals surface area (Å²) in [6.07, 6.45) is 6.72. The number of rotatable bonds is 7. The maximum atomic E-state index is 5.77. The van der Waals surface area contributed by atoms with Gasteiger partial charge in [0.25, 0.3) is 0 Å². The van der Waals surface area contributed by atoms with Crippen LogP contribution in [-0.2, 0) is 4.74 Å². The van der Waals surface area contributed by atoms with Crippen molar-refractivity contribution in [2.45, 2.75) is 59.1 Å². The van der Waals surface area contributed by atoms with E-state index in [-0.39, 0.29) is 5.54 Å². The smallest absolute Gasteiger partial charge is 0.0703 e. The van der Waals surface area contributed by atoms with E-state index in [2.05, 4.69) is 39.1 Å². The number of allylic oxidation sites excluding steroid dienone is 1. The average molecular weight is 213 g/mol. The fraction of sp³-hybridized carbons (Fsp3) is 0.846. The van der Waals surface area contributed by atoms with Gasteiger partial charge < -0.3 is 10.1 Å². The van der Waals surface area contributed by atoms with Crippen molar-refractivity contribution in [3.8, 4) is 0 Å². The first-order chi connectivity index (χ1) is 6.99. The normalized spacial score (nSPS) is 14.7. The zero-order valence-corrected chi connectivity index (χ0v) is 11.0. The summed E-state index contributed by atoms with van der Waals surface area (Å²) < 4.78 is 5.77. The molecular weight excluding hydrogens is 186 g/mol. The molecule has 0 heterocycles. The second kappa shape index (κ2) is 7.89. The number of nitrogens with one attached hydrogen (secondary N) is 1. The maximum absolute atomic E-state index is 5.77. The Morgan fingerprint density at radius 1 is 1.33 bits per heavy atom. The third-order valence-corrected chi connectivity index (χ3v) is 2.13. The van der Waals surface area contributed by atoms with E-state index in [1.165, 1.54) is 6.42 Å². The van der Waals surface area contributed by atoms with Gasteiger partial charge in [0, 0.05) is 12.1 Å². The molecule has 0 fully saturated rings. The van der Waals surface area contributed by atoms with Crippen molar-refractivity contribution in [1.82, 2.24) is 5.32 Å². The number of hydrogen-bond acceptors (Lipinski definition) is 2. The molecule has 0 aliphatic heterocycles. The Morgan fingerprint density at radius 2 is 2.00 bits per heavy atom. The van der Waals surface area contributed by atoms with Gasteiger partial charge in [0.15, 0.2) is 0 Å². The van der Waals surface area contributed by atoms with Gasteiger partial charge in [0.1, 0.15) is 0 Å². The van der Waals surface area contributed by atoms with Crippen LogP contribution in [-0.4, -0.2) is 24.8 Å². The van der Waals surface area contributed by atoms with Crippen LogP contribution in [0.2, 0.25) is 0 Å². The molecule has 0 saturated heterocycles. The Balaban J connectivity index is 3.82. The molecule has 0 saturated carbocycles. The van der Waals surface area contributed by atoms with E-state index in [1.807, 2.05) is 13.0 Å². The van der Waals surface area contributed by atoms with Crippen LogP contribution in [0, 0.1) is 0 Å². The summed E-state index contributed by atoms with van der Waals surface area (Å²) in [4.78, 5) is 0. The Bertz CT molecular complexity index is 170. The van der Waals surface area contributed by atoms with Crippen molar-refractivity contribution in [2.24, 2.45) is 0 Å².